The number of nitrogens with one attached hydrogen (secondary N) is 3. The van der Waals surface area contributed by atoms with E-state index in [0.29, 0.717) is 12.0 Å². The highest BCUT2D eigenvalue weighted by Crippen LogP contribution is 2.28. The fraction of sp³-hybridized carbons (Fsp3) is 0.895. The van der Waals surface area contributed by atoms with Crippen molar-refractivity contribution in [2.24, 2.45) is 17.8 Å². The summed E-state index contributed by atoms with van der Waals surface area (Å²) in [6.45, 7) is 4.19. The molecule has 2 amide bonds. The molecule has 1 aliphatic heterocycles. The predicted octanol–water partition coefficient (Wildman–Crippen LogP) is 1.97. The molecule has 3 aliphatic rings. The molecule has 136 valence electrons. The normalized spacial score (nSPS) is 34.7. The lowest BCUT2D eigenvalue weighted by molar-refractivity contribution is -0.127. The number of piperidine rings is 1. The van der Waals surface area contributed by atoms with E-state index in [9.17, 15) is 9.59 Å². The molecular weight excluding hydrogens is 302 g/mol. The van der Waals surface area contributed by atoms with Crippen LogP contribution in [0, 0.1) is 17.8 Å². The third-order valence-corrected chi connectivity index (χ3v) is 6.28. The summed E-state index contributed by atoms with van der Waals surface area (Å²) in [5.74, 6) is 1.36. The molecule has 0 aromatic rings. The van der Waals surface area contributed by atoms with E-state index in [1.165, 1.54) is 12.8 Å². The number of rotatable bonds is 4. The second-order valence-corrected chi connectivity index (χ2v) is 8.12. The largest absolute Gasteiger partial charge is 0.353 e. The van der Waals surface area contributed by atoms with Gasteiger partial charge in [-0.1, -0.05) is 19.8 Å². The van der Waals surface area contributed by atoms with Crippen molar-refractivity contribution in [2.75, 3.05) is 13.1 Å². The second kappa shape index (κ2) is 8.32. The third-order valence-electron chi connectivity index (χ3n) is 6.28. The van der Waals surface area contributed by atoms with Gasteiger partial charge in [0.25, 0.3) is 0 Å². The fourth-order valence-electron chi connectivity index (χ4n) is 4.54. The second-order valence-electron chi connectivity index (χ2n) is 8.12. The molecule has 5 heteroatoms. The van der Waals surface area contributed by atoms with Crippen molar-refractivity contribution in [3.63, 3.8) is 0 Å². The lowest BCUT2D eigenvalue weighted by Gasteiger charge is -2.33. The Morgan fingerprint density at radius 1 is 0.833 bits per heavy atom. The summed E-state index contributed by atoms with van der Waals surface area (Å²) in [5, 5.41) is 9.88. The Morgan fingerprint density at radius 3 is 2.12 bits per heavy atom. The smallest absolute Gasteiger partial charge is 0.223 e. The number of hydrogen-bond donors (Lipinski definition) is 3. The van der Waals surface area contributed by atoms with Gasteiger partial charge in [-0.3, -0.25) is 9.59 Å². The first-order valence-electron chi connectivity index (χ1n) is 9.95. The number of carbonyl (C=O) groups is 2. The molecule has 2 unspecified atom stereocenters. The van der Waals surface area contributed by atoms with E-state index in [1.807, 2.05) is 0 Å². The zero-order chi connectivity index (χ0) is 16.9. The van der Waals surface area contributed by atoms with Crippen molar-refractivity contribution >= 4 is 11.8 Å². The van der Waals surface area contributed by atoms with E-state index in [-0.39, 0.29) is 29.7 Å². The molecule has 3 rings (SSSR count). The van der Waals surface area contributed by atoms with Gasteiger partial charge < -0.3 is 16.0 Å². The molecule has 0 aromatic heterocycles. The maximum atomic E-state index is 12.5. The van der Waals surface area contributed by atoms with Crippen LogP contribution in [0.25, 0.3) is 0 Å². The van der Waals surface area contributed by atoms with Crippen LogP contribution in [0.3, 0.4) is 0 Å². The minimum atomic E-state index is 0.131. The molecule has 3 N–H and O–H groups in total. The van der Waals surface area contributed by atoms with Crippen LogP contribution in [-0.4, -0.2) is 37.0 Å². The molecule has 5 nitrogen and oxygen atoms in total. The van der Waals surface area contributed by atoms with Gasteiger partial charge in [0.15, 0.2) is 0 Å². The summed E-state index contributed by atoms with van der Waals surface area (Å²) >= 11 is 0. The highest BCUT2D eigenvalue weighted by molar-refractivity contribution is 5.80. The van der Waals surface area contributed by atoms with E-state index < -0.39 is 0 Å². The number of carbonyl (C=O) groups excluding carboxylic acids is 2. The highest BCUT2D eigenvalue weighted by atomic mass is 16.2. The van der Waals surface area contributed by atoms with Gasteiger partial charge >= 0.3 is 0 Å². The third kappa shape index (κ3) is 4.50. The summed E-state index contributed by atoms with van der Waals surface area (Å²) in [7, 11) is 0. The van der Waals surface area contributed by atoms with Crippen LogP contribution in [0.2, 0.25) is 0 Å². The van der Waals surface area contributed by atoms with Gasteiger partial charge in [0, 0.05) is 23.9 Å². The summed E-state index contributed by atoms with van der Waals surface area (Å²) in [6, 6.07) is 0.596. The van der Waals surface area contributed by atoms with Gasteiger partial charge in [0.1, 0.15) is 0 Å². The number of amides is 2. The van der Waals surface area contributed by atoms with Crippen molar-refractivity contribution in [3.8, 4) is 0 Å². The summed E-state index contributed by atoms with van der Waals surface area (Å²) in [5.41, 5.74) is 0. The highest BCUT2D eigenvalue weighted by Gasteiger charge is 2.31. The average Bonchev–Trinajstić information content (AvgIpc) is 3.12. The Bertz CT molecular complexity index is 440. The fourth-order valence-corrected chi connectivity index (χ4v) is 4.54. The number of hydrogen-bond acceptors (Lipinski definition) is 3. The van der Waals surface area contributed by atoms with Gasteiger partial charge in [-0.25, -0.2) is 0 Å². The zero-order valence-corrected chi connectivity index (χ0v) is 15.0. The van der Waals surface area contributed by atoms with Crippen LogP contribution in [0.4, 0.5) is 0 Å². The predicted molar refractivity (Wildman–Crippen MR) is 94.4 cm³/mol. The first-order chi connectivity index (χ1) is 11.6. The molecule has 2 atom stereocenters. The van der Waals surface area contributed by atoms with Gasteiger partial charge in [-0.15, -0.1) is 0 Å². The van der Waals surface area contributed by atoms with E-state index in [0.717, 1.165) is 58.0 Å². The van der Waals surface area contributed by atoms with Crippen LogP contribution in [-0.2, 0) is 9.59 Å². The van der Waals surface area contributed by atoms with E-state index in [2.05, 4.69) is 22.9 Å². The quantitative estimate of drug-likeness (QED) is 0.735. The SMILES string of the molecule is CC1CNCCC1NC(=O)C1CCC(NC(=O)C2CCCC2)CC1. The minimum Gasteiger partial charge on any atom is -0.353 e. The molecule has 0 radical (unpaired) electrons. The molecule has 3 fully saturated rings. The topological polar surface area (TPSA) is 70.2 Å². The zero-order valence-electron chi connectivity index (χ0n) is 15.0. The first-order valence-corrected chi connectivity index (χ1v) is 9.95. The summed E-state index contributed by atoms with van der Waals surface area (Å²) < 4.78 is 0. The maximum Gasteiger partial charge on any atom is 0.223 e. The minimum absolute atomic E-state index is 0.131. The monoisotopic (exact) mass is 335 g/mol. The van der Waals surface area contributed by atoms with Crippen molar-refractivity contribution < 1.29 is 9.59 Å². The van der Waals surface area contributed by atoms with Crippen molar-refractivity contribution in [2.45, 2.75) is 76.8 Å². The van der Waals surface area contributed by atoms with Gasteiger partial charge in [0.2, 0.25) is 11.8 Å². The lowest BCUT2D eigenvalue weighted by Crippen LogP contribution is -2.50. The Hall–Kier alpha value is -1.10. The first kappa shape index (κ1) is 17.7. The van der Waals surface area contributed by atoms with Gasteiger partial charge in [0.05, 0.1) is 0 Å². The molecule has 0 spiro atoms. The average molecular weight is 335 g/mol. The maximum absolute atomic E-state index is 12.5. The molecule has 0 bridgehead atoms. The van der Waals surface area contributed by atoms with Crippen molar-refractivity contribution in [1.82, 2.24) is 16.0 Å². The van der Waals surface area contributed by atoms with E-state index >= 15 is 0 Å². The van der Waals surface area contributed by atoms with Crippen molar-refractivity contribution in [1.29, 1.82) is 0 Å². The molecule has 1 heterocycles. The molecule has 24 heavy (non-hydrogen) atoms. The lowest BCUT2D eigenvalue weighted by atomic mass is 9.84. The van der Waals surface area contributed by atoms with Crippen LogP contribution >= 0.6 is 0 Å². The summed E-state index contributed by atoms with van der Waals surface area (Å²) in [6.07, 6.45) is 9.22. The van der Waals surface area contributed by atoms with Crippen molar-refractivity contribution in [3.05, 3.63) is 0 Å². The molecule has 2 aliphatic carbocycles. The van der Waals surface area contributed by atoms with Crippen LogP contribution in [0.5, 0.6) is 0 Å². The summed E-state index contributed by atoms with van der Waals surface area (Å²) in [4.78, 5) is 24.8. The molecular formula is C19H33N3O2. The van der Waals surface area contributed by atoms with Gasteiger partial charge in [-0.2, -0.15) is 0 Å². The Balaban J connectivity index is 1.39. The van der Waals surface area contributed by atoms with Crippen LogP contribution < -0.4 is 16.0 Å². The standard InChI is InChI=1S/C19H33N3O2/c1-13-12-20-11-10-17(13)22-19(24)15-6-8-16(9-7-15)21-18(23)14-4-2-3-5-14/h13-17,20H,2-12H2,1H3,(H,21,23)(H,22,24). The molecule has 1 saturated heterocycles. The van der Waals surface area contributed by atoms with E-state index in [1.54, 1.807) is 0 Å². The van der Waals surface area contributed by atoms with Crippen LogP contribution in [0.15, 0.2) is 0 Å². The Morgan fingerprint density at radius 2 is 1.46 bits per heavy atom. The Kier molecular flexibility index (Phi) is 6.14. The van der Waals surface area contributed by atoms with Crippen LogP contribution in [0.1, 0.15) is 64.7 Å². The van der Waals surface area contributed by atoms with Gasteiger partial charge in [-0.05, 0) is 64.0 Å². The molecule has 0 aromatic carbocycles. The Labute approximate surface area is 145 Å². The molecule has 2 saturated carbocycles. The van der Waals surface area contributed by atoms with E-state index in [4.69, 9.17) is 0 Å².